The van der Waals surface area contributed by atoms with Crippen molar-refractivity contribution in [3.63, 3.8) is 0 Å². The highest BCUT2D eigenvalue weighted by Crippen LogP contribution is 1.74. The summed E-state index contributed by atoms with van der Waals surface area (Å²) in [6.07, 6.45) is 4.78. The van der Waals surface area contributed by atoms with Crippen molar-refractivity contribution in [2.45, 2.75) is 0 Å². The van der Waals surface area contributed by atoms with Gasteiger partial charge in [-0.05, 0) is 0 Å². The molecule has 0 aliphatic rings. The smallest absolute Gasteiger partial charge is 0.328 e. The van der Waals surface area contributed by atoms with Crippen molar-refractivity contribution < 1.29 is 9.90 Å². The second kappa shape index (κ2) is 4.60. The van der Waals surface area contributed by atoms with Gasteiger partial charge in [-0.1, -0.05) is 12.2 Å². The maximum absolute atomic E-state index is 9.76. The number of hydrogen-bond donors (Lipinski definition) is 1. The first-order valence-electron chi connectivity index (χ1n) is 2.23. The van der Waals surface area contributed by atoms with Gasteiger partial charge in [0.2, 0.25) is 0 Å². The van der Waals surface area contributed by atoms with Crippen molar-refractivity contribution in [2.75, 3.05) is 0 Å². The third-order valence-electron chi connectivity index (χ3n) is 0.521. The molecule has 0 aromatic carbocycles. The third kappa shape index (κ3) is 6.44. The van der Waals surface area contributed by atoms with Crippen LogP contribution in [0.5, 0.6) is 0 Å². The highest BCUT2D eigenvalue weighted by molar-refractivity contribution is 5.80. The van der Waals surface area contributed by atoms with E-state index in [1.54, 1.807) is 6.07 Å². The monoisotopic (exact) mass is 123 g/mol. The minimum atomic E-state index is -1.02. The summed E-state index contributed by atoms with van der Waals surface area (Å²) < 4.78 is 0. The van der Waals surface area contributed by atoms with E-state index in [9.17, 15) is 4.79 Å². The van der Waals surface area contributed by atoms with Gasteiger partial charge in [-0.2, -0.15) is 5.26 Å². The van der Waals surface area contributed by atoms with Gasteiger partial charge in [0.25, 0.3) is 0 Å². The molecule has 1 N–H and O–H groups in total. The highest BCUT2D eigenvalue weighted by atomic mass is 16.4. The summed E-state index contributed by atoms with van der Waals surface area (Å²) in [4.78, 5) is 9.76. The molecule has 0 saturated carbocycles. The quantitative estimate of drug-likeness (QED) is 0.334. The molecular weight excluding hydrogens is 118 g/mol. The van der Waals surface area contributed by atoms with Crippen LogP contribution >= 0.6 is 0 Å². The molecule has 0 aromatic rings. The molecule has 0 rings (SSSR count). The molecule has 3 nitrogen and oxygen atoms in total. The van der Waals surface area contributed by atoms with Gasteiger partial charge in [-0.15, -0.1) is 0 Å². The number of nitrogens with zero attached hydrogens (tertiary/aromatic N) is 1. The number of carbonyl (C=O) groups is 1. The lowest BCUT2D eigenvalue weighted by Crippen LogP contribution is -1.84. The zero-order valence-corrected chi connectivity index (χ0v) is 4.61. The second-order valence-corrected chi connectivity index (χ2v) is 1.19. The molecule has 46 valence electrons. The molecule has 0 fully saturated rings. The van der Waals surface area contributed by atoms with Crippen LogP contribution in [0.15, 0.2) is 24.3 Å². The van der Waals surface area contributed by atoms with Gasteiger partial charge >= 0.3 is 5.97 Å². The lowest BCUT2D eigenvalue weighted by Gasteiger charge is -1.71. The van der Waals surface area contributed by atoms with E-state index in [1.165, 1.54) is 18.2 Å². The van der Waals surface area contributed by atoms with Crippen LogP contribution in [0.4, 0.5) is 0 Å². The number of nitriles is 1. The van der Waals surface area contributed by atoms with Gasteiger partial charge in [0.05, 0.1) is 6.07 Å². The van der Waals surface area contributed by atoms with Gasteiger partial charge < -0.3 is 5.11 Å². The molecule has 0 aromatic heterocycles. The third-order valence-corrected chi connectivity index (χ3v) is 0.521. The van der Waals surface area contributed by atoms with Crippen LogP contribution < -0.4 is 0 Å². The highest BCUT2D eigenvalue weighted by Gasteiger charge is 1.78. The van der Waals surface area contributed by atoms with Crippen molar-refractivity contribution in [2.24, 2.45) is 0 Å². The zero-order chi connectivity index (χ0) is 7.11. The number of rotatable bonds is 2. The van der Waals surface area contributed by atoms with Crippen molar-refractivity contribution in [1.82, 2.24) is 0 Å². The van der Waals surface area contributed by atoms with Crippen molar-refractivity contribution >= 4 is 5.97 Å². The standard InChI is InChI=1S/C6H5NO2/c7-5-3-1-2-4-6(8)9/h1-4H,(H,8,9)/b3-1+,4-2+. The Morgan fingerprint density at radius 2 is 2.22 bits per heavy atom. The van der Waals surface area contributed by atoms with Crippen LogP contribution in [0.25, 0.3) is 0 Å². The van der Waals surface area contributed by atoms with Crippen LogP contribution in [0.3, 0.4) is 0 Å². The Morgan fingerprint density at radius 3 is 2.67 bits per heavy atom. The molecule has 0 aliphatic heterocycles. The molecule has 0 atom stereocenters. The van der Waals surface area contributed by atoms with E-state index in [-0.39, 0.29) is 0 Å². The van der Waals surface area contributed by atoms with Gasteiger partial charge in [0.15, 0.2) is 0 Å². The van der Waals surface area contributed by atoms with Gasteiger partial charge in [0, 0.05) is 12.2 Å². The Bertz CT molecular complexity index is 186. The minimum Gasteiger partial charge on any atom is -0.478 e. The number of carboxylic acids is 1. The van der Waals surface area contributed by atoms with E-state index in [4.69, 9.17) is 10.4 Å². The summed E-state index contributed by atoms with van der Waals surface area (Å²) in [5, 5.41) is 15.9. The lowest BCUT2D eigenvalue weighted by atomic mass is 10.4. The van der Waals surface area contributed by atoms with E-state index in [1.807, 2.05) is 0 Å². The Balaban J connectivity index is 3.63. The lowest BCUT2D eigenvalue weighted by molar-refractivity contribution is -0.131. The van der Waals surface area contributed by atoms with Crippen LogP contribution in [0.2, 0.25) is 0 Å². The van der Waals surface area contributed by atoms with E-state index in [0.717, 1.165) is 6.08 Å². The summed E-state index contributed by atoms with van der Waals surface area (Å²) >= 11 is 0. The summed E-state index contributed by atoms with van der Waals surface area (Å²) in [7, 11) is 0. The molecule has 0 bridgehead atoms. The minimum absolute atomic E-state index is 0.952. The molecule has 0 radical (unpaired) electrons. The second-order valence-electron chi connectivity index (χ2n) is 1.19. The van der Waals surface area contributed by atoms with Crippen LogP contribution in [-0.2, 0) is 4.79 Å². The zero-order valence-electron chi connectivity index (χ0n) is 4.61. The number of aliphatic carboxylic acids is 1. The maximum atomic E-state index is 9.76. The predicted molar refractivity (Wildman–Crippen MR) is 31.5 cm³/mol. The summed E-state index contributed by atoms with van der Waals surface area (Å²) in [5.41, 5.74) is 0. The first-order chi connectivity index (χ1) is 4.27. The van der Waals surface area contributed by atoms with Crippen LogP contribution in [-0.4, -0.2) is 11.1 Å². The Hall–Kier alpha value is -1.56. The summed E-state index contributed by atoms with van der Waals surface area (Å²) in [6.45, 7) is 0. The van der Waals surface area contributed by atoms with Gasteiger partial charge in [-0.3, -0.25) is 0 Å². The molecule has 0 aliphatic carbocycles. The normalized spacial score (nSPS) is 10.1. The van der Waals surface area contributed by atoms with E-state index in [2.05, 4.69) is 0 Å². The molecule has 0 amide bonds. The predicted octanol–water partition coefficient (Wildman–Crippen LogP) is 0.707. The maximum Gasteiger partial charge on any atom is 0.328 e. The first kappa shape index (κ1) is 7.44. The molecule has 0 spiro atoms. The van der Waals surface area contributed by atoms with Crippen molar-refractivity contribution in [1.29, 1.82) is 5.26 Å². The fourth-order valence-corrected chi connectivity index (χ4v) is 0.236. The number of allylic oxidation sites excluding steroid dienone is 3. The summed E-state index contributed by atoms with van der Waals surface area (Å²) in [6, 6.07) is 1.72. The Labute approximate surface area is 52.5 Å². The SMILES string of the molecule is N#C/C=C/C=C/C(=O)O. The first-order valence-corrected chi connectivity index (χ1v) is 2.23. The van der Waals surface area contributed by atoms with E-state index in [0.29, 0.717) is 0 Å². The fourth-order valence-electron chi connectivity index (χ4n) is 0.236. The van der Waals surface area contributed by atoms with Crippen molar-refractivity contribution in [3.8, 4) is 6.07 Å². The van der Waals surface area contributed by atoms with Crippen LogP contribution in [0, 0.1) is 11.3 Å². The van der Waals surface area contributed by atoms with E-state index < -0.39 is 5.97 Å². The van der Waals surface area contributed by atoms with E-state index >= 15 is 0 Å². The van der Waals surface area contributed by atoms with Crippen LogP contribution in [0.1, 0.15) is 0 Å². The molecule has 0 unspecified atom stereocenters. The number of hydrogen-bond acceptors (Lipinski definition) is 2. The van der Waals surface area contributed by atoms with Crippen molar-refractivity contribution in [3.05, 3.63) is 24.3 Å². The van der Waals surface area contributed by atoms with Gasteiger partial charge in [-0.25, -0.2) is 4.79 Å². The number of carboxylic acid groups (broad SMARTS) is 1. The Kier molecular flexibility index (Phi) is 3.80. The molecule has 0 heterocycles. The molecule has 3 heteroatoms. The average molecular weight is 123 g/mol. The molecule has 9 heavy (non-hydrogen) atoms. The average Bonchev–Trinajstić information content (AvgIpc) is 1.80. The largest absolute Gasteiger partial charge is 0.478 e. The summed E-state index contributed by atoms with van der Waals surface area (Å²) in [5.74, 6) is -1.02. The Morgan fingerprint density at radius 1 is 1.56 bits per heavy atom. The molecule has 0 saturated heterocycles. The fraction of sp³-hybridized carbons (Fsp3) is 0. The van der Waals surface area contributed by atoms with Gasteiger partial charge in [0.1, 0.15) is 0 Å². The topological polar surface area (TPSA) is 61.1 Å². The molecular formula is C6H5NO2.